The summed E-state index contributed by atoms with van der Waals surface area (Å²) in [4.78, 5) is 0. The van der Waals surface area contributed by atoms with Crippen molar-refractivity contribution < 1.29 is 5.11 Å². The lowest BCUT2D eigenvalue weighted by Gasteiger charge is -2.58. The molecule has 0 heterocycles. The van der Waals surface area contributed by atoms with Crippen LogP contribution in [0.5, 0.6) is 0 Å². The van der Waals surface area contributed by atoms with Gasteiger partial charge in [0.25, 0.3) is 0 Å². The average Bonchev–Trinajstić information content (AvgIpc) is 3.06. The van der Waals surface area contributed by atoms with Gasteiger partial charge in [-0.3, -0.25) is 0 Å². The fourth-order valence-electron chi connectivity index (χ4n) is 9.30. The number of allylic oxidation sites excluding steroid dienone is 1. The van der Waals surface area contributed by atoms with Crippen molar-refractivity contribution in [1.82, 2.24) is 0 Å². The topological polar surface area (TPSA) is 20.2 Å². The normalized spacial score (nSPS) is 45.3. The number of aliphatic hydroxyl groups excluding tert-OH is 1. The number of fused-ring (bicyclic) bond motifs is 5. The van der Waals surface area contributed by atoms with Gasteiger partial charge in [0.15, 0.2) is 0 Å². The summed E-state index contributed by atoms with van der Waals surface area (Å²) < 4.78 is 0. The zero-order valence-corrected chi connectivity index (χ0v) is 20.9. The minimum atomic E-state index is -0.0794. The fraction of sp³-hybridized carbons (Fsp3) is 0.931. The molecule has 1 N–H and O–H groups in total. The first-order valence-electron chi connectivity index (χ1n) is 13.6. The Morgan fingerprint density at radius 1 is 1.00 bits per heavy atom. The second-order valence-corrected chi connectivity index (χ2v) is 12.9. The van der Waals surface area contributed by atoms with Crippen LogP contribution in [0.15, 0.2) is 11.6 Å². The summed E-state index contributed by atoms with van der Waals surface area (Å²) in [5, 5.41) is 10.2. The van der Waals surface area contributed by atoms with E-state index in [0.717, 1.165) is 54.3 Å². The Kier molecular flexibility index (Phi) is 6.53. The molecule has 0 aromatic heterocycles. The van der Waals surface area contributed by atoms with Gasteiger partial charge in [-0.05, 0) is 110 Å². The lowest BCUT2D eigenvalue weighted by Crippen LogP contribution is -2.50. The third kappa shape index (κ3) is 3.74. The SMILES string of the molecule is CC[C@H](CC[C@@H](C)[C@H]1CCC2C3CC=C4C[C@@H](O)CC[C@]4(C)C3CC[C@@]21C)C(C)C. The zero-order valence-electron chi connectivity index (χ0n) is 20.9. The molecule has 0 spiro atoms. The smallest absolute Gasteiger partial charge is 0.0577 e. The van der Waals surface area contributed by atoms with E-state index in [1.54, 1.807) is 5.57 Å². The molecule has 3 saturated carbocycles. The van der Waals surface area contributed by atoms with Gasteiger partial charge in [-0.25, -0.2) is 0 Å². The third-order valence-corrected chi connectivity index (χ3v) is 11.3. The molecular formula is C29H50O. The Labute approximate surface area is 187 Å². The molecule has 1 heteroatoms. The van der Waals surface area contributed by atoms with Crippen molar-refractivity contribution in [2.45, 2.75) is 118 Å². The van der Waals surface area contributed by atoms with Crippen LogP contribution in [0.2, 0.25) is 0 Å². The van der Waals surface area contributed by atoms with Gasteiger partial charge in [0, 0.05) is 0 Å². The first kappa shape index (κ1) is 22.9. The highest BCUT2D eigenvalue weighted by Gasteiger charge is 2.59. The average molecular weight is 415 g/mol. The second kappa shape index (κ2) is 8.57. The minimum absolute atomic E-state index is 0.0794. The lowest BCUT2D eigenvalue weighted by atomic mass is 9.47. The highest BCUT2D eigenvalue weighted by atomic mass is 16.3. The van der Waals surface area contributed by atoms with Crippen molar-refractivity contribution in [2.24, 2.45) is 52.3 Å². The molecular weight excluding hydrogens is 364 g/mol. The molecule has 172 valence electrons. The summed E-state index contributed by atoms with van der Waals surface area (Å²) >= 11 is 0. The number of hydrogen-bond donors (Lipinski definition) is 1. The molecule has 0 radical (unpaired) electrons. The van der Waals surface area contributed by atoms with Crippen LogP contribution in [-0.2, 0) is 0 Å². The highest BCUT2D eigenvalue weighted by molar-refractivity contribution is 5.25. The molecule has 4 aliphatic carbocycles. The van der Waals surface area contributed by atoms with Crippen LogP contribution < -0.4 is 0 Å². The van der Waals surface area contributed by atoms with E-state index in [-0.39, 0.29) is 6.10 Å². The van der Waals surface area contributed by atoms with Crippen molar-refractivity contribution in [3.8, 4) is 0 Å². The van der Waals surface area contributed by atoms with Crippen LogP contribution in [0.1, 0.15) is 112 Å². The second-order valence-electron chi connectivity index (χ2n) is 12.9. The molecule has 9 atom stereocenters. The third-order valence-electron chi connectivity index (χ3n) is 11.3. The van der Waals surface area contributed by atoms with Crippen LogP contribution in [0, 0.1) is 52.3 Å². The number of rotatable bonds is 6. The molecule has 4 rings (SSSR count). The Morgan fingerprint density at radius 3 is 2.47 bits per heavy atom. The highest BCUT2D eigenvalue weighted by Crippen LogP contribution is 2.67. The largest absolute Gasteiger partial charge is 0.393 e. The molecule has 30 heavy (non-hydrogen) atoms. The van der Waals surface area contributed by atoms with Crippen molar-refractivity contribution in [3.63, 3.8) is 0 Å². The zero-order chi connectivity index (χ0) is 21.7. The summed E-state index contributed by atoms with van der Waals surface area (Å²) in [6.07, 6.45) is 17.1. The van der Waals surface area contributed by atoms with Crippen molar-refractivity contribution in [1.29, 1.82) is 0 Å². The van der Waals surface area contributed by atoms with Crippen LogP contribution >= 0.6 is 0 Å². The van der Waals surface area contributed by atoms with Crippen LogP contribution in [0.4, 0.5) is 0 Å². The summed E-state index contributed by atoms with van der Waals surface area (Å²) in [5.41, 5.74) is 2.59. The summed E-state index contributed by atoms with van der Waals surface area (Å²) in [5.74, 6) is 6.31. The van der Waals surface area contributed by atoms with Gasteiger partial charge in [-0.1, -0.05) is 66.0 Å². The molecule has 0 aromatic carbocycles. The minimum Gasteiger partial charge on any atom is -0.393 e. The van der Waals surface area contributed by atoms with E-state index in [2.05, 4.69) is 47.6 Å². The lowest BCUT2D eigenvalue weighted by molar-refractivity contribution is -0.0575. The van der Waals surface area contributed by atoms with Gasteiger partial charge < -0.3 is 5.11 Å². The Morgan fingerprint density at radius 2 is 1.77 bits per heavy atom. The molecule has 0 aliphatic heterocycles. The van der Waals surface area contributed by atoms with Crippen LogP contribution in [0.25, 0.3) is 0 Å². The predicted octanol–water partition coefficient (Wildman–Crippen LogP) is 8.02. The van der Waals surface area contributed by atoms with Gasteiger partial charge in [-0.2, -0.15) is 0 Å². The number of aliphatic hydroxyl groups is 1. The monoisotopic (exact) mass is 414 g/mol. The van der Waals surface area contributed by atoms with Gasteiger partial charge in [0.2, 0.25) is 0 Å². The van der Waals surface area contributed by atoms with Crippen molar-refractivity contribution >= 4 is 0 Å². The predicted molar refractivity (Wildman–Crippen MR) is 128 cm³/mol. The van der Waals surface area contributed by atoms with Gasteiger partial charge in [0.05, 0.1) is 6.10 Å². The van der Waals surface area contributed by atoms with E-state index in [9.17, 15) is 5.11 Å². The Balaban J connectivity index is 1.47. The standard InChI is InChI=1S/C29H50O/c1-7-21(19(2)3)9-8-20(4)25-12-13-26-24-11-10-22-18-23(30)14-16-28(22,5)27(24)15-17-29(25,26)6/h10,19-21,23-27,30H,7-9,11-18H2,1-6H3/t20-,21-,23+,24?,25-,26?,27?,28+,29-/m1/s1. The molecule has 3 unspecified atom stereocenters. The van der Waals surface area contributed by atoms with Crippen molar-refractivity contribution in [3.05, 3.63) is 11.6 Å². The maximum Gasteiger partial charge on any atom is 0.0577 e. The van der Waals surface area contributed by atoms with Gasteiger partial charge in [-0.15, -0.1) is 0 Å². The summed E-state index contributed by atoms with van der Waals surface area (Å²) in [6.45, 7) is 15.1. The molecule has 0 saturated heterocycles. The molecule has 0 aromatic rings. The first-order valence-corrected chi connectivity index (χ1v) is 13.6. The summed E-state index contributed by atoms with van der Waals surface area (Å²) in [6, 6.07) is 0. The molecule has 0 bridgehead atoms. The molecule has 1 nitrogen and oxygen atoms in total. The molecule has 0 amide bonds. The van der Waals surface area contributed by atoms with Gasteiger partial charge >= 0.3 is 0 Å². The fourth-order valence-corrected chi connectivity index (χ4v) is 9.30. The van der Waals surface area contributed by atoms with E-state index in [0.29, 0.717) is 10.8 Å². The maximum absolute atomic E-state index is 10.2. The quantitative estimate of drug-likeness (QED) is 0.436. The van der Waals surface area contributed by atoms with E-state index in [1.165, 1.54) is 57.8 Å². The van der Waals surface area contributed by atoms with E-state index < -0.39 is 0 Å². The summed E-state index contributed by atoms with van der Waals surface area (Å²) in [7, 11) is 0. The first-order chi connectivity index (χ1) is 14.2. The van der Waals surface area contributed by atoms with E-state index in [4.69, 9.17) is 0 Å². The van der Waals surface area contributed by atoms with Gasteiger partial charge in [0.1, 0.15) is 0 Å². The van der Waals surface area contributed by atoms with E-state index >= 15 is 0 Å². The van der Waals surface area contributed by atoms with Crippen LogP contribution in [-0.4, -0.2) is 11.2 Å². The van der Waals surface area contributed by atoms with Crippen LogP contribution in [0.3, 0.4) is 0 Å². The Bertz CT molecular complexity index is 634. The van der Waals surface area contributed by atoms with E-state index in [1.807, 2.05) is 0 Å². The Hall–Kier alpha value is -0.300. The van der Waals surface area contributed by atoms with Crippen molar-refractivity contribution in [2.75, 3.05) is 0 Å². The molecule has 4 aliphatic rings. The molecule has 3 fully saturated rings. The number of hydrogen-bond acceptors (Lipinski definition) is 1. The maximum atomic E-state index is 10.2.